The summed E-state index contributed by atoms with van der Waals surface area (Å²) >= 11 is 12.0. The molecule has 0 fully saturated rings. The molecule has 0 aromatic heterocycles. The van der Waals surface area contributed by atoms with Crippen LogP contribution in [0.25, 0.3) is 6.08 Å². The van der Waals surface area contributed by atoms with E-state index in [1.165, 1.54) is 0 Å². The number of benzene rings is 2. The highest BCUT2D eigenvalue weighted by Crippen LogP contribution is 2.28. The molecule has 3 nitrogen and oxygen atoms in total. The summed E-state index contributed by atoms with van der Waals surface area (Å²) in [5.74, 6) is 0.759. The first-order valence-electron chi connectivity index (χ1n) is 9.35. The number of rotatable bonds is 6. The molecule has 2 aromatic rings. The molecule has 0 N–H and O–H groups in total. The number of ether oxygens (including phenoxy) is 1. The molecule has 0 saturated carbocycles. The minimum absolute atomic E-state index is 0.0324. The van der Waals surface area contributed by atoms with Gasteiger partial charge in [0.25, 0.3) is 0 Å². The number of hydrogen-bond acceptors (Lipinski definition) is 3. The van der Waals surface area contributed by atoms with E-state index >= 15 is 0 Å². The molecule has 0 heterocycles. The number of fused-ring (bicyclic) bond motifs is 1. The van der Waals surface area contributed by atoms with Gasteiger partial charge in [-0.1, -0.05) is 47.5 Å². The van der Waals surface area contributed by atoms with Crippen molar-refractivity contribution < 1.29 is 14.3 Å². The monoisotopic (exact) mass is 416 g/mol. The predicted octanol–water partition coefficient (Wildman–Crippen LogP) is 6.20. The zero-order chi connectivity index (χ0) is 20.1. The predicted molar refractivity (Wildman–Crippen MR) is 113 cm³/mol. The molecule has 0 bridgehead atoms. The third-order valence-electron chi connectivity index (χ3n) is 4.94. The Morgan fingerprint density at radius 1 is 1.18 bits per heavy atom. The van der Waals surface area contributed by atoms with E-state index in [0.29, 0.717) is 40.8 Å². The summed E-state index contributed by atoms with van der Waals surface area (Å²) in [6.07, 6.45) is 6.41. The Balaban J connectivity index is 1.64. The molecule has 28 heavy (non-hydrogen) atoms. The Morgan fingerprint density at radius 3 is 2.75 bits per heavy atom. The van der Waals surface area contributed by atoms with Gasteiger partial charge in [0, 0.05) is 22.9 Å². The molecule has 0 aliphatic heterocycles. The normalized spacial score (nSPS) is 17.4. The maximum absolute atomic E-state index is 12.6. The van der Waals surface area contributed by atoms with Crippen molar-refractivity contribution in [3.8, 4) is 5.75 Å². The van der Waals surface area contributed by atoms with Gasteiger partial charge >= 0.3 is 0 Å². The number of ketones is 2. The van der Waals surface area contributed by atoms with Crippen LogP contribution in [-0.2, 0) is 11.2 Å². The molecule has 1 atom stereocenters. The fraction of sp³-hybridized carbons (Fsp3) is 0.304. The van der Waals surface area contributed by atoms with E-state index in [0.717, 1.165) is 24.0 Å². The van der Waals surface area contributed by atoms with Gasteiger partial charge in [-0.3, -0.25) is 9.59 Å². The summed E-state index contributed by atoms with van der Waals surface area (Å²) in [4.78, 5) is 24.3. The second kappa shape index (κ2) is 9.40. The molecular weight excluding hydrogens is 395 g/mol. The molecule has 0 radical (unpaired) electrons. The maximum atomic E-state index is 12.6. The minimum atomic E-state index is -0.0878. The second-order valence-corrected chi connectivity index (χ2v) is 7.85. The molecule has 5 heteroatoms. The lowest BCUT2D eigenvalue weighted by Gasteiger charge is -2.19. The van der Waals surface area contributed by atoms with Crippen LogP contribution in [0.5, 0.6) is 5.75 Å². The van der Waals surface area contributed by atoms with E-state index in [-0.39, 0.29) is 17.5 Å². The number of Topliss-reactive ketones (excluding diaryl/α,β-unsaturated/α-hetero) is 2. The van der Waals surface area contributed by atoms with Crippen molar-refractivity contribution in [3.63, 3.8) is 0 Å². The van der Waals surface area contributed by atoms with Crippen LogP contribution < -0.4 is 4.74 Å². The van der Waals surface area contributed by atoms with Gasteiger partial charge in [-0.05, 0) is 61.6 Å². The highest BCUT2D eigenvalue weighted by atomic mass is 35.5. The average molecular weight is 417 g/mol. The number of halogens is 2. The largest absolute Gasteiger partial charge is 0.492 e. The zero-order valence-electron chi connectivity index (χ0n) is 15.7. The van der Waals surface area contributed by atoms with E-state index < -0.39 is 0 Å². The SMILES string of the molecule is CC(=O)c1ccc2c(c1)CC(CCCOc1ccc(Cl)cc1Cl)C(=O)C/C=C/2. The fourth-order valence-corrected chi connectivity index (χ4v) is 3.84. The number of hydrogen-bond donors (Lipinski definition) is 0. The highest BCUT2D eigenvalue weighted by molar-refractivity contribution is 6.35. The third kappa shape index (κ3) is 5.24. The summed E-state index contributed by atoms with van der Waals surface area (Å²) in [7, 11) is 0. The van der Waals surface area contributed by atoms with Crippen LogP contribution in [0.1, 0.15) is 47.7 Å². The summed E-state index contributed by atoms with van der Waals surface area (Å²) in [6, 6.07) is 10.8. The summed E-state index contributed by atoms with van der Waals surface area (Å²) in [6.45, 7) is 2.03. The van der Waals surface area contributed by atoms with Gasteiger partial charge in [0.2, 0.25) is 0 Å². The Hall–Kier alpha value is -2.10. The van der Waals surface area contributed by atoms with E-state index in [9.17, 15) is 9.59 Å². The maximum Gasteiger partial charge on any atom is 0.159 e. The zero-order valence-corrected chi connectivity index (χ0v) is 17.2. The average Bonchev–Trinajstić information content (AvgIpc) is 2.64. The van der Waals surface area contributed by atoms with Crippen molar-refractivity contribution >= 4 is 40.8 Å². The third-order valence-corrected chi connectivity index (χ3v) is 5.47. The minimum Gasteiger partial charge on any atom is -0.492 e. The molecule has 146 valence electrons. The van der Waals surface area contributed by atoms with Crippen molar-refractivity contribution in [1.29, 1.82) is 0 Å². The van der Waals surface area contributed by atoms with Gasteiger partial charge in [0.1, 0.15) is 11.5 Å². The van der Waals surface area contributed by atoms with Crippen molar-refractivity contribution in [2.45, 2.75) is 32.6 Å². The van der Waals surface area contributed by atoms with E-state index in [4.69, 9.17) is 27.9 Å². The molecule has 1 aliphatic carbocycles. The molecule has 1 unspecified atom stereocenters. The number of carbonyl (C=O) groups is 2. The van der Waals surface area contributed by atoms with Crippen LogP contribution in [-0.4, -0.2) is 18.2 Å². The van der Waals surface area contributed by atoms with Crippen LogP contribution in [0.3, 0.4) is 0 Å². The quantitative estimate of drug-likeness (QED) is 0.415. The lowest BCUT2D eigenvalue weighted by atomic mass is 9.85. The van der Waals surface area contributed by atoms with Crippen molar-refractivity contribution in [3.05, 3.63) is 69.2 Å². The molecule has 0 saturated heterocycles. The van der Waals surface area contributed by atoms with E-state index in [2.05, 4.69) is 0 Å². The first-order chi connectivity index (χ1) is 13.4. The van der Waals surface area contributed by atoms with Crippen LogP contribution >= 0.6 is 23.2 Å². The standard InChI is InChI=1S/C23H22Cl2O3/c1-15(26)17-8-7-16-4-2-6-22(27)18(13-19(16)12-17)5-3-11-28-23-10-9-20(24)14-21(23)25/h2,4,7-10,12,14,18H,3,5-6,11,13H2,1H3/b4-2+. The lowest BCUT2D eigenvalue weighted by Crippen LogP contribution is -2.19. The van der Waals surface area contributed by atoms with Crippen LogP contribution in [0.4, 0.5) is 0 Å². The summed E-state index contributed by atoms with van der Waals surface area (Å²) < 4.78 is 5.73. The van der Waals surface area contributed by atoms with E-state index in [1.54, 1.807) is 25.1 Å². The van der Waals surface area contributed by atoms with Gasteiger partial charge in [-0.2, -0.15) is 0 Å². The smallest absolute Gasteiger partial charge is 0.159 e. The summed E-state index contributed by atoms with van der Waals surface area (Å²) in [5, 5.41) is 1.04. The lowest BCUT2D eigenvalue weighted by molar-refractivity contribution is -0.122. The van der Waals surface area contributed by atoms with Gasteiger partial charge < -0.3 is 4.74 Å². The fourth-order valence-electron chi connectivity index (χ4n) is 3.38. The second-order valence-electron chi connectivity index (χ2n) is 7.01. The molecule has 3 rings (SSSR count). The first-order valence-corrected chi connectivity index (χ1v) is 10.1. The van der Waals surface area contributed by atoms with Crippen LogP contribution in [0.15, 0.2) is 42.5 Å². The van der Waals surface area contributed by atoms with Crippen LogP contribution in [0.2, 0.25) is 10.0 Å². The van der Waals surface area contributed by atoms with Gasteiger partial charge in [-0.25, -0.2) is 0 Å². The Morgan fingerprint density at radius 2 is 2.00 bits per heavy atom. The van der Waals surface area contributed by atoms with Crippen LogP contribution in [0, 0.1) is 5.92 Å². The summed E-state index contributed by atoms with van der Waals surface area (Å²) in [5.41, 5.74) is 2.80. The number of carbonyl (C=O) groups excluding carboxylic acids is 2. The van der Waals surface area contributed by atoms with E-state index in [1.807, 2.05) is 30.4 Å². The van der Waals surface area contributed by atoms with Crippen molar-refractivity contribution in [1.82, 2.24) is 0 Å². The highest BCUT2D eigenvalue weighted by Gasteiger charge is 2.21. The van der Waals surface area contributed by atoms with Crippen molar-refractivity contribution in [2.75, 3.05) is 6.61 Å². The molecule has 0 spiro atoms. The van der Waals surface area contributed by atoms with Gasteiger partial charge in [-0.15, -0.1) is 0 Å². The molecule has 1 aliphatic rings. The first kappa shape index (κ1) is 20.6. The Bertz CT molecular complexity index is 918. The Kier molecular flexibility index (Phi) is 6.93. The molecule has 2 aromatic carbocycles. The van der Waals surface area contributed by atoms with Crippen molar-refractivity contribution in [2.24, 2.45) is 5.92 Å². The van der Waals surface area contributed by atoms with Gasteiger partial charge in [0.15, 0.2) is 5.78 Å². The molecule has 0 amide bonds. The molecular formula is C23H22Cl2O3. The topological polar surface area (TPSA) is 43.4 Å². The Labute approximate surface area is 175 Å². The van der Waals surface area contributed by atoms with Gasteiger partial charge in [0.05, 0.1) is 11.6 Å². The number of allylic oxidation sites excluding steroid dienone is 1.